The van der Waals surface area contributed by atoms with Gasteiger partial charge >= 0.3 is 0 Å². The summed E-state index contributed by atoms with van der Waals surface area (Å²) in [4.78, 5) is 41.8. The van der Waals surface area contributed by atoms with E-state index in [4.69, 9.17) is 50.9 Å². The van der Waals surface area contributed by atoms with Gasteiger partial charge in [-0.05, 0) is 48.7 Å². The standard InChI is InChI=1S/C28H23Cl4N5O6S/c29-16-9-17(30)11-19(10-16)44(41,42)37-7-1-2-23(37)27(39)35-22(24-12-25(38)36-43-24)8-15-3-5-18(6-4-15)34-28(40)26-20(31)13-33-14-21(26)32/h3-6,9-14,22-23H,1-2,7-8H2,(H,34,40)(H,35,39)(H,36,38)/t22-,23-/m0/s1. The van der Waals surface area contributed by atoms with Crippen molar-refractivity contribution in [3.05, 3.63) is 108 Å². The lowest BCUT2D eigenvalue weighted by Crippen LogP contribution is -2.47. The molecule has 5 rings (SSSR count). The summed E-state index contributed by atoms with van der Waals surface area (Å²) in [5.41, 5.74) is 0.735. The second kappa shape index (κ2) is 13.3. The van der Waals surface area contributed by atoms with Crippen LogP contribution in [0.3, 0.4) is 0 Å². The van der Waals surface area contributed by atoms with Crippen LogP contribution in [0.25, 0.3) is 0 Å². The quantitative estimate of drug-likeness (QED) is 0.209. The SMILES string of the molecule is O=C(Nc1ccc(C[C@H](NC(=O)[C@@H]2CCCN2S(=O)(=O)c2cc(Cl)cc(Cl)c2)c2cc(=O)[nH]o2)cc1)c1c(Cl)cncc1Cl. The van der Waals surface area contributed by atoms with E-state index >= 15 is 0 Å². The minimum Gasteiger partial charge on any atom is -0.381 e. The van der Waals surface area contributed by atoms with Crippen molar-refractivity contribution in [1.82, 2.24) is 19.8 Å². The molecular weight excluding hydrogens is 676 g/mol. The molecule has 1 aliphatic heterocycles. The fraction of sp³-hybridized carbons (Fsp3) is 0.214. The first-order chi connectivity index (χ1) is 20.9. The number of H-pyrrole nitrogens is 1. The van der Waals surface area contributed by atoms with E-state index in [0.29, 0.717) is 17.7 Å². The van der Waals surface area contributed by atoms with Gasteiger partial charge in [0.1, 0.15) is 6.04 Å². The molecule has 2 atom stereocenters. The van der Waals surface area contributed by atoms with Gasteiger partial charge in [-0.1, -0.05) is 58.5 Å². The Kier molecular flexibility index (Phi) is 9.68. The number of carbonyl (C=O) groups excluding carboxylic acids is 2. The highest BCUT2D eigenvalue weighted by atomic mass is 35.5. The van der Waals surface area contributed by atoms with Gasteiger partial charge in [-0.15, -0.1) is 0 Å². The maximum Gasteiger partial charge on any atom is 0.280 e. The minimum absolute atomic E-state index is 0.0825. The van der Waals surface area contributed by atoms with Crippen molar-refractivity contribution in [1.29, 1.82) is 0 Å². The second-order valence-electron chi connectivity index (χ2n) is 9.89. The van der Waals surface area contributed by atoms with E-state index in [0.717, 1.165) is 4.31 Å². The molecular formula is C28H23Cl4N5O6S. The molecule has 2 aromatic carbocycles. The molecule has 1 saturated heterocycles. The first-order valence-corrected chi connectivity index (χ1v) is 16.0. The first kappa shape index (κ1) is 32.0. The Bertz CT molecular complexity index is 1840. The van der Waals surface area contributed by atoms with Crippen molar-refractivity contribution in [3.8, 4) is 0 Å². The van der Waals surface area contributed by atoms with Gasteiger partial charge in [-0.2, -0.15) is 9.46 Å². The van der Waals surface area contributed by atoms with Crippen LogP contribution in [0, 0.1) is 0 Å². The molecule has 2 aromatic heterocycles. The van der Waals surface area contributed by atoms with Crippen molar-refractivity contribution >= 4 is 73.9 Å². The smallest absolute Gasteiger partial charge is 0.280 e. The third-order valence-corrected chi connectivity index (χ3v) is 9.78. The predicted octanol–water partition coefficient (Wildman–Crippen LogP) is 5.48. The first-order valence-electron chi connectivity index (χ1n) is 13.1. The van der Waals surface area contributed by atoms with Crippen LogP contribution in [0.5, 0.6) is 0 Å². The fourth-order valence-corrected chi connectivity index (χ4v) is 7.76. The van der Waals surface area contributed by atoms with Crippen LogP contribution >= 0.6 is 46.4 Å². The molecule has 16 heteroatoms. The Morgan fingerprint density at radius 3 is 2.30 bits per heavy atom. The van der Waals surface area contributed by atoms with Crippen molar-refractivity contribution in [2.45, 2.75) is 36.2 Å². The van der Waals surface area contributed by atoms with Crippen LogP contribution in [-0.2, 0) is 21.2 Å². The van der Waals surface area contributed by atoms with E-state index in [1.807, 2.05) is 0 Å². The van der Waals surface area contributed by atoms with Crippen LogP contribution < -0.4 is 16.2 Å². The zero-order valence-electron chi connectivity index (χ0n) is 22.5. The molecule has 1 aliphatic rings. The lowest BCUT2D eigenvalue weighted by molar-refractivity contribution is -0.125. The number of aromatic amines is 1. The van der Waals surface area contributed by atoms with Gasteiger partial charge in [0, 0.05) is 47.2 Å². The molecule has 0 aliphatic carbocycles. The summed E-state index contributed by atoms with van der Waals surface area (Å²) >= 11 is 24.2. The molecule has 1 fully saturated rings. The highest BCUT2D eigenvalue weighted by Gasteiger charge is 2.40. The molecule has 2 amide bonds. The number of halogens is 4. The number of pyridine rings is 1. The maximum atomic E-state index is 13.5. The van der Waals surface area contributed by atoms with Gasteiger partial charge in [0.05, 0.1) is 26.5 Å². The van der Waals surface area contributed by atoms with E-state index in [1.165, 1.54) is 36.7 Å². The second-order valence-corrected chi connectivity index (χ2v) is 13.5. The zero-order valence-corrected chi connectivity index (χ0v) is 26.4. The molecule has 11 nitrogen and oxygen atoms in total. The number of hydrogen-bond donors (Lipinski definition) is 3. The van der Waals surface area contributed by atoms with Crippen molar-refractivity contribution < 1.29 is 22.5 Å². The van der Waals surface area contributed by atoms with Crippen molar-refractivity contribution in [3.63, 3.8) is 0 Å². The molecule has 44 heavy (non-hydrogen) atoms. The summed E-state index contributed by atoms with van der Waals surface area (Å²) in [5.74, 6) is -0.940. The summed E-state index contributed by atoms with van der Waals surface area (Å²) < 4.78 is 33.3. The number of hydrogen-bond acceptors (Lipinski definition) is 7. The number of anilines is 1. The molecule has 0 spiro atoms. The minimum atomic E-state index is -4.10. The lowest BCUT2D eigenvalue weighted by Gasteiger charge is -2.25. The Labute approximate surface area is 271 Å². The Morgan fingerprint density at radius 2 is 1.68 bits per heavy atom. The summed E-state index contributed by atoms with van der Waals surface area (Å²) in [6.45, 7) is 0.123. The third kappa shape index (κ3) is 7.12. The summed E-state index contributed by atoms with van der Waals surface area (Å²) in [6.07, 6.45) is 3.53. The van der Waals surface area contributed by atoms with Crippen LogP contribution in [0.2, 0.25) is 20.1 Å². The third-order valence-electron chi connectivity index (χ3n) is 6.88. The monoisotopic (exact) mass is 697 g/mol. The number of rotatable bonds is 9. The topological polar surface area (TPSA) is 154 Å². The van der Waals surface area contributed by atoms with Gasteiger partial charge in [0.2, 0.25) is 15.9 Å². The van der Waals surface area contributed by atoms with Gasteiger partial charge in [0.25, 0.3) is 11.5 Å². The number of aromatic nitrogens is 2. The van der Waals surface area contributed by atoms with Crippen LogP contribution in [-0.4, -0.2) is 47.3 Å². The highest BCUT2D eigenvalue weighted by molar-refractivity contribution is 7.89. The number of carbonyl (C=O) groups is 2. The molecule has 3 N–H and O–H groups in total. The number of sulfonamides is 1. The van der Waals surface area contributed by atoms with Crippen LogP contribution in [0.15, 0.2) is 75.1 Å². The van der Waals surface area contributed by atoms with E-state index in [-0.39, 0.29) is 55.7 Å². The number of nitrogens with one attached hydrogen (secondary N) is 3. The van der Waals surface area contributed by atoms with Gasteiger partial charge in [-0.3, -0.25) is 19.4 Å². The molecule has 0 bridgehead atoms. The molecule has 0 unspecified atom stereocenters. The highest BCUT2D eigenvalue weighted by Crippen LogP contribution is 2.31. The van der Waals surface area contributed by atoms with Gasteiger partial charge in [-0.25, -0.2) is 8.42 Å². The molecule has 230 valence electrons. The summed E-state index contributed by atoms with van der Waals surface area (Å²) in [7, 11) is -4.10. The van der Waals surface area contributed by atoms with Crippen molar-refractivity contribution in [2.75, 3.05) is 11.9 Å². The normalized spacial score (nSPS) is 16.0. The maximum absolute atomic E-state index is 13.5. The zero-order chi connectivity index (χ0) is 31.6. The number of amides is 2. The van der Waals surface area contributed by atoms with E-state index in [9.17, 15) is 22.8 Å². The summed E-state index contributed by atoms with van der Waals surface area (Å²) in [5, 5.41) is 8.26. The molecule has 0 saturated carbocycles. The number of benzene rings is 2. The Balaban J connectivity index is 1.33. The van der Waals surface area contributed by atoms with E-state index in [2.05, 4.69) is 20.8 Å². The number of nitrogens with zero attached hydrogens (tertiary/aromatic N) is 2. The van der Waals surface area contributed by atoms with Gasteiger partial charge in [0.15, 0.2) is 5.76 Å². The van der Waals surface area contributed by atoms with Crippen molar-refractivity contribution in [2.24, 2.45) is 0 Å². The Hall–Kier alpha value is -3.39. The molecule has 4 aromatic rings. The summed E-state index contributed by atoms with van der Waals surface area (Å²) in [6, 6.07) is 10.0. The average molecular weight is 699 g/mol. The van der Waals surface area contributed by atoms with Gasteiger partial charge < -0.3 is 15.2 Å². The molecule has 3 heterocycles. The Morgan fingerprint density at radius 1 is 1.02 bits per heavy atom. The predicted molar refractivity (Wildman–Crippen MR) is 166 cm³/mol. The molecule has 0 radical (unpaired) electrons. The fourth-order valence-electron chi connectivity index (χ4n) is 4.84. The average Bonchev–Trinajstić information content (AvgIpc) is 3.63. The van der Waals surface area contributed by atoms with E-state index < -0.39 is 39.5 Å². The lowest BCUT2D eigenvalue weighted by atomic mass is 10.0. The van der Waals surface area contributed by atoms with E-state index in [1.54, 1.807) is 24.3 Å². The largest absolute Gasteiger partial charge is 0.381 e. The van der Waals surface area contributed by atoms with Crippen LogP contribution in [0.4, 0.5) is 5.69 Å². The van der Waals surface area contributed by atoms with Crippen LogP contribution in [0.1, 0.15) is 40.6 Å².